The molecule has 0 aliphatic carbocycles. The number of ketones is 1. The number of anilines is 1. The molecule has 3 rings (SSSR count). The van der Waals surface area contributed by atoms with Crippen LogP contribution in [0.3, 0.4) is 0 Å². The molecule has 0 amide bonds. The van der Waals surface area contributed by atoms with E-state index in [9.17, 15) is 9.90 Å². The van der Waals surface area contributed by atoms with E-state index in [1.807, 2.05) is 4.90 Å². The zero-order chi connectivity index (χ0) is 13.6. The lowest BCUT2D eigenvalue weighted by Crippen LogP contribution is -2.23. The van der Waals surface area contributed by atoms with Gasteiger partial charge in [-0.25, -0.2) is 0 Å². The zero-order valence-electron chi connectivity index (χ0n) is 10.5. The first-order valence-electron chi connectivity index (χ1n) is 6.18. The molecule has 1 aromatic carbocycles. The van der Waals surface area contributed by atoms with E-state index in [0.717, 1.165) is 11.1 Å². The number of nitrogens with one attached hydrogen (secondary N) is 1. The second kappa shape index (κ2) is 4.51. The summed E-state index contributed by atoms with van der Waals surface area (Å²) in [6.45, 7) is 2.75. The Morgan fingerprint density at radius 1 is 1.63 bits per heavy atom. The number of carbonyl (C=O) groups is 1. The molecule has 0 spiro atoms. The third-order valence-electron chi connectivity index (χ3n) is 3.51. The molecule has 2 aromatic rings. The molecule has 1 unspecified atom stereocenters. The normalized spacial score (nSPS) is 19.3. The molecule has 1 atom stereocenters. The Hall–Kier alpha value is -1.59. The van der Waals surface area contributed by atoms with Crippen LogP contribution in [0.2, 0.25) is 5.02 Å². The van der Waals surface area contributed by atoms with Crippen LogP contribution in [0.4, 0.5) is 5.69 Å². The molecule has 1 fully saturated rings. The smallest absolute Gasteiger partial charge is 0.162 e. The molecule has 1 aliphatic heterocycles. The lowest BCUT2D eigenvalue weighted by Gasteiger charge is -2.21. The number of aliphatic hydroxyl groups is 1. The number of halogens is 1. The summed E-state index contributed by atoms with van der Waals surface area (Å²) < 4.78 is 0. The molecule has 19 heavy (non-hydrogen) atoms. The van der Waals surface area contributed by atoms with Crippen LogP contribution in [0.5, 0.6) is 0 Å². The van der Waals surface area contributed by atoms with Gasteiger partial charge in [-0.1, -0.05) is 11.6 Å². The van der Waals surface area contributed by atoms with E-state index in [-0.39, 0.29) is 11.9 Å². The van der Waals surface area contributed by atoms with Gasteiger partial charge in [-0.2, -0.15) is 5.10 Å². The minimum Gasteiger partial charge on any atom is -0.391 e. The number of hydrogen-bond donors (Lipinski definition) is 2. The second-order valence-electron chi connectivity index (χ2n) is 4.85. The molecule has 1 aliphatic rings. The summed E-state index contributed by atoms with van der Waals surface area (Å²) in [6, 6.07) is 1.68. The van der Waals surface area contributed by atoms with Gasteiger partial charge in [-0.15, -0.1) is 0 Å². The number of rotatable bonds is 2. The number of benzene rings is 1. The number of β-amino-alcohol motifs (C(OH)–C–C–N with tert-alkyl or cyclic N) is 1. The summed E-state index contributed by atoms with van der Waals surface area (Å²) in [7, 11) is 0. The van der Waals surface area contributed by atoms with Crippen molar-refractivity contribution in [3.05, 3.63) is 22.8 Å². The Morgan fingerprint density at radius 3 is 3.05 bits per heavy atom. The maximum absolute atomic E-state index is 11.8. The number of aromatic nitrogens is 2. The fraction of sp³-hybridized carbons (Fsp3) is 0.385. The van der Waals surface area contributed by atoms with Crippen LogP contribution in [0.15, 0.2) is 12.3 Å². The molecule has 100 valence electrons. The topological polar surface area (TPSA) is 69.2 Å². The van der Waals surface area contributed by atoms with Crippen LogP contribution in [-0.2, 0) is 0 Å². The van der Waals surface area contributed by atoms with Crippen LogP contribution in [0.1, 0.15) is 23.7 Å². The summed E-state index contributed by atoms with van der Waals surface area (Å²) in [6.07, 6.45) is 2.06. The van der Waals surface area contributed by atoms with E-state index in [0.29, 0.717) is 35.6 Å². The van der Waals surface area contributed by atoms with Crippen LogP contribution < -0.4 is 4.90 Å². The van der Waals surface area contributed by atoms with E-state index >= 15 is 0 Å². The highest BCUT2D eigenvalue weighted by Gasteiger charge is 2.27. The van der Waals surface area contributed by atoms with Crippen molar-refractivity contribution in [3.8, 4) is 0 Å². The maximum Gasteiger partial charge on any atom is 0.162 e. The van der Waals surface area contributed by atoms with E-state index < -0.39 is 0 Å². The molecule has 2 N–H and O–H groups in total. The van der Waals surface area contributed by atoms with Crippen LogP contribution in [-0.4, -0.2) is 40.3 Å². The monoisotopic (exact) mass is 279 g/mol. The first kappa shape index (κ1) is 12.4. The molecule has 6 heteroatoms. The SMILES string of the molecule is CC(=O)c1cc(Cl)c2c[nH]nc2c1N1CCC(O)C1. The van der Waals surface area contributed by atoms with Crippen molar-refractivity contribution in [2.45, 2.75) is 19.4 Å². The van der Waals surface area contributed by atoms with Crippen molar-refractivity contribution in [3.63, 3.8) is 0 Å². The summed E-state index contributed by atoms with van der Waals surface area (Å²) >= 11 is 6.17. The van der Waals surface area contributed by atoms with Gasteiger partial charge in [-0.3, -0.25) is 9.89 Å². The van der Waals surface area contributed by atoms with Gasteiger partial charge in [0.05, 0.1) is 16.8 Å². The van der Waals surface area contributed by atoms with Gasteiger partial charge in [0.15, 0.2) is 5.78 Å². The van der Waals surface area contributed by atoms with Crippen LogP contribution in [0, 0.1) is 0 Å². The third-order valence-corrected chi connectivity index (χ3v) is 3.82. The number of carbonyl (C=O) groups excluding carboxylic acids is 1. The number of fused-ring (bicyclic) bond motifs is 1. The van der Waals surface area contributed by atoms with Crippen molar-refractivity contribution in [2.75, 3.05) is 18.0 Å². The molecule has 2 heterocycles. The van der Waals surface area contributed by atoms with Gasteiger partial charge in [-0.05, 0) is 19.4 Å². The Kier molecular flexibility index (Phi) is 2.95. The fourth-order valence-corrected chi connectivity index (χ4v) is 2.84. The first-order chi connectivity index (χ1) is 9.08. The zero-order valence-corrected chi connectivity index (χ0v) is 11.2. The highest BCUT2D eigenvalue weighted by Crippen LogP contribution is 2.36. The molecule has 5 nitrogen and oxygen atoms in total. The van der Waals surface area contributed by atoms with Crippen LogP contribution >= 0.6 is 11.6 Å². The predicted octanol–water partition coefficient (Wildman–Crippen LogP) is 1.99. The second-order valence-corrected chi connectivity index (χ2v) is 5.25. The number of aromatic amines is 1. The number of aliphatic hydroxyl groups excluding tert-OH is 1. The summed E-state index contributed by atoms with van der Waals surface area (Å²) in [4.78, 5) is 13.8. The van der Waals surface area contributed by atoms with Crippen molar-refractivity contribution >= 4 is 34.0 Å². The van der Waals surface area contributed by atoms with Gasteiger partial charge in [0.2, 0.25) is 0 Å². The van der Waals surface area contributed by atoms with Crippen molar-refractivity contribution in [2.24, 2.45) is 0 Å². The predicted molar refractivity (Wildman–Crippen MR) is 73.9 cm³/mol. The molecule has 1 saturated heterocycles. The molecular weight excluding hydrogens is 266 g/mol. The minimum absolute atomic E-state index is 0.0526. The van der Waals surface area contributed by atoms with Gasteiger partial charge < -0.3 is 10.0 Å². The standard InChI is InChI=1S/C13H14ClN3O2/c1-7(18)9-4-11(14)10-5-15-16-12(10)13(9)17-3-2-8(19)6-17/h4-5,8,19H,2-3,6H2,1H3,(H,15,16). The Labute approximate surface area is 115 Å². The summed E-state index contributed by atoms with van der Waals surface area (Å²) in [5.74, 6) is -0.0526. The quantitative estimate of drug-likeness (QED) is 0.825. The maximum atomic E-state index is 11.8. The van der Waals surface area contributed by atoms with Crippen molar-refractivity contribution in [1.29, 1.82) is 0 Å². The van der Waals surface area contributed by atoms with Gasteiger partial charge in [0.1, 0.15) is 5.52 Å². The van der Waals surface area contributed by atoms with Crippen molar-refractivity contribution in [1.82, 2.24) is 10.2 Å². The van der Waals surface area contributed by atoms with Gasteiger partial charge >= 0.3 is 0 Å². The molecular formula is C13H14ClN3O2. The third kappa shape index (κ3) is 1.99. The summed E-state index contributed by atoms with van der Waals surface area (Å²) in [5, 5.41) is 18.0. The molecule has 0 bridgehead atoms. The van der Waals surface area contributed by atoms with E-state index in [4.69, 9.17) is 11.6 Å². The number of Topliss-reactive ketones (excluding diaryl/α,β-unsaturated/α-hetero) is 1. The lowest BCUT2D eigenvalue weighted by molar-refractivity contribution is 0.101. The average molecular weight is 280 g/mol. The number of H-pyrrole nitrogens is 1. The first-order valence-corrected chi connectivity index (χ1v) is 6.55. The number of nitrogens with zero attached hydrogens (tertiary/aromatic N) is 2. The van der Waals surface area contributed by atoms with Crippen molar-refractivity contribution < 1.29 is 9.90 Å². The Bertz CT molecular complexity index is 653. The molecule has 1 aromatic heterocycles. The van der Waals surface area contributed by atoms with Gasteiger partial charge in [0.25, 0.3) is 0 Å². The Morgan fingerprint density at radius 2 is 2.42 bits per heavy atom. The van der Waals surface area contributed by atoms with E-state index in [1.54, 1.807) is 12.3 Å². The largest absolute Gasteiger partial charge is 0.391 e. The van der Waals surface area contributed by atoms with E-state index in [2.05, 4.69) is 10.2 Å². The molecule has 0 radical (unpaired) electrons. The van der Waals surface area contributed by atoms with Crippen LogP contribution in [0.25, 0.3) is 10.9 Å². The lowest BCUT2D eigenvalue weighted by atomic mass is 10.1. The molecule has 0 saturated carbocycles. The van der Waals surface area contributed by atoms with Gasteiger partial charge in [0, 0.05) is 30.2 Å². The summed E-state index contributed by atoms with van der Waals surface area (Å²) in [5.41, 5.74) is 2.01. The Balaban J connectivity index is 2.24. The average Bonchev–Trinajstić information content (AvgIpc) is 2.97. The fourth-order valence-electron chi connectivity index (χ4n) is 2.59. The van der Waals surface area contributed by atoms with E-state index in [1.165, 1.54) is 6.92 Å². The highest BCUT2D eigenvalue weighted by atomic mass is 35.5. The highest BCUT2D eigenvalue weighted by molar-refractivity contribution is 6.36. The number of hydrogen-bond acceptors (Lipinski definition) is 4. The minimum atomic E-state index is -0.357.